The van der Waals surface area contributed by atoms with Gasteiger partial charge in [-0.05, 0) is 13.0 Å². The fraction of sp³-hybridized carbons (Fsp3) is 0.250. The first-order valence-corrected chi connectivity index (χ1v) is 5.39. The molecule has 0 fully saturated rings. The molecule has 2 rings (SSSR count). The van der Waals surface area contributed by atoms with Gasteiger partial charge in [0.2, 0.25) is 0 Å². The monoisotopic (exact) mass is 237 g/mol. The molecule has 0 amide bonds. The predicted octanol–water partition coefficient (Wildman–Crippen LogP) is 2.79. The van der Waals surface area contributed by atoms with Crippen LogP contribution in [0.5, 0.6) is 0 Å². The van der Waals surface area contributed by atoms with Crippen LogP contribution >= 0.6 is 0 Å². The van der Waals surface area contributed by atoms with Gasteiger partial charge in [0.25, 0.3) is 0 Å². The fourth-order valence-electron chi connectivity index (χ4n) is 1.49. The molecule has 90 valence electrons. The second-order valence-corrected chi connectivity index (χ2v) is 3.67. The number of anilines is 1. The van der Waals surface area contributed by atoms with Crippen LogP contribution in [0.3, 0.4) is 0 Å². The molecule has 0 bridgehead atoms. The molecule has 0 saturated heterocycles. The molecule has 1 heterocycles. The highest BCUT2D eigenvalue weighted by Gasteiger charge is 2.04. The van der Waals surface area contributed by atoms with Crippen LogP contribution in [0.15, 0.2) is 30.6 Å². The van der Waals surface area contributed by atoms with Crippen molar-refractivity contribution in [1.29, 1.82) is 0 Å². The van der Waals surface area contributed by atoms with E-state index in [1.807, 2.05) is 13.1 Å². The highest BCUT2D eigenvalue weighted by Crippen LogP contribution is 2.12. The SMILES string of the molecule is CCn1cc(NCc2ccc(F)cc2F)cn1. The molecule has 0 unspecified atom stereocenters. The molecule has 3 nitrogen and oxygen atoms in total. The number of hydrogen-bond acceptors (Lipinski definition) is 2. The molecule has 5 heteroatoms. The summed E-state index contributed by atoms with van der Waals surface area (Å²) in [5, 5.41) is 7.11. The van der Waals surface area contributed by atoms with Gasteiger partial charge in [-0.1, -0.05) is 6.07 Å². The van der Waals surface area contributed by atoms with Gasteiger partial charge in [0, 0.05) is 30.9 Å². The third kappa shape index (κ3) is 2.81. The van der Waals surface area contributed by atoms with Crippen molar-refractivity contribution in [3.05, 3.63) is 47.8 Å². The normalized spacial score (nSPS) is 10.5. The van der Waals surface area contributed by atoms with Crippen LogP contribution in [0, 0.1) is 11.6 Å². The van der Waals surface area contributed by atoms with Gasteiger partial charge >= 0.3 is 0 Å². The van der Waals surface area contributed by atoms with Gasteiger partial charge in [-0.15, -0.1) is 0 Å². The minimum Gasteiger partial charge on any atom is -0.378 e. The molecular formula is C12H13F2N3. The molecule has 0 aliphatic heterocycles. The largest absolute Gasteiger partial charge is 0.378 e. The maximum atomic E-state index is 13.3. The van der Waals surface area contributed by atoms with Crippen molar-refractivity contribution in [1.82, 2.24) is 9.78 Å². The smallest absolute Gasteiger partial charge is 0.131 e. The molecule has 2 aromatic rings. The Labute approximate surface area is 98.1 Å². The molecule has 1 N–H and O–H groups in total. The first kappa shape index (κ1) is 11.6. The quantitative estimate of drug-likeness (QED) is 0.886. The van der Waals surface area contributed by atoms with Gasteiger partial charge in [0.05, 0.1) is 11.9 Å². The molecule has 0 radical (unpaired) electrons. The molecular weight excluding hydrogens is 224 g/mol. The maximum absolute atomic E-state index is 13.3. The van der Waals surface area contributed by atoms with Gasteiger partial charge in [-0.3, -0.25) is 4.68 Å². The van der Waals surface area contributed by atoms with Crippen LogP contribution in [0.2, 0.25) is 0 Å². The summed E-state index contributed by atoms with van der Waals surface area (Å²) in [4.78, 5) is 0. The second-order valence-electron chi connectivity index (χ2n) is 3.67. The van der Waals surface area contributed by atoms with Crippen LogP contribution < -0.4 is 5.32 Å². The van der Waals surface area contributed by atoms with Crippen molar-refractivity contribution in [3.63, 3.8) is 0 Å². The van der Waals surface area contributed by atoms with E-state index in [0.717, 1.165) is 18.3 Å². The number of nitrogens with one attached hydrogen (secondary N) is 1. The van der Waals surface area contributed by atoms with Crippen molar-refractivity contribution >= 4 is 5.69 Å². The number of nitrogens with zero attached hydrogens (tertiary/aromatic N) is 2. The average molecular weight is 237 g/mol. The van der Waals surface area contributed by atoms with E-state index in [9.17, 15) is 8.78 Å². The topological polar surface area (TPSA) is 29.9 Å². The Morgan fingerprint density at radius 3 is 2.82 bits per heavy atom. The van der Waals surface area contributed by atoms with Crippen molar-refractivity contribution in [2.75, 3.05) is 5.32 Å². The predicted molar refractivity (Wildman–Crippen MR) is 61.6 cm³/mol. The van der Waals surface area contributed by atoms with E-state index in [1.165, 1.54) is 12.1 Å². The van der Waals surface area contributed by atoms with E-state index in [4.69, 9.17) is 0 Å². The number of rotatable bonds is 4. The summed E-state index contributed by atoms with van der Waals surface area (Å²) in [5.74, 6) is -1.11. The fourth-order valence-corrected chi connectivity index (χ4v) is 1.49. The first-order valence-electron chi connectivity index (χ1n) is 5.39. The summed E-state index contributed by atoms with van der Waals surface area (Å²) < 4.78 is 27.8. The summed E-state index contributed by atoms with van der Waals surface area (Å²) in [7, 11) is 0. The Hall–Kier alpha value is -1.91. The maximum Gasteiger partial charge on any atom is 0.131 e. The molecule has 1 aromatic heterocycles. The Bertz CT molecular complexity index is 508. The zero-order valence-corrected chi connectivity index (χ0v) is 9.45. The van der Waals surface area contributed by atoms with E-state index >= 15 is 0 Å². The third-order valence-corrected chi connectivity index (χ3v) is 2.46. The lowest BCUT2D eigenvalue weighted by atomic mass is 10.2. The number of aryl methyl sites for hydroxylation is 1. The minimum atomic E-state index is -0.565. The van der Waals surface area contributed by atoms with Gasteiger partial charge in [0.15, 0.2) is 0 Å². The number of aromatic nitrogens is 2. The van der Waals surface area contributed by atoms with Crippen molar-refractivity contribution in [3.8, 4) is 0 Å². The molecule has 0 aliphatic rings. The zero-order valence-electron chi connectivity index (χ0n) is 9.45. The van der Waals surface area contributed by atoms with E-state index in [2.05, 4.69) is 10.4 Å². The average Bonchev–Trinajstić information content (AvgIpc) is 2.76. The number of hydrogen-bond donors (Lipinski definition) is 1. The van der Waals surface area contributed by atoms with E-state index in [0.29, 0.717) is 12.1 Å². The lowest BCUT2D eigenvalue weighted by Crippen LogP contribution is -2.01. The summed E-state index contributed by atoms with van der Waals surface area (Å²) in [6.45, 7) is 3.07. The Morgan fingerprint density at radius 1 is 1.35 bits per heavy atom. The van der Waals surface area contributed by atoms with E-state index in [1.54, 1.807) is 10.9 Å². The molecule has 0 atom stereocenters. The van der Waals surface area contributed by atoms with Gasteiger partial charge < -0.3 is 5.32 Å². The molecule has 0 saturated carbocycles. The first-order chi connectivity index (χ1) is 8.19. The Kier molecular flexibility index (Phi) is 3.37. The number of benzene rings is 1. The van der Waals surface area contributed by atoms with Crippen molar-refractivity contribution < 1.29 is 8.78 Å². The second kappa shape index (κ2) is 4.95. The highest BCUT2D eigenvalue weighted by atomic mass is 19.1. The minimum absolute atomic E-state index is 0.307. The lowest BCUT2D eigenvalue weighted by molar-refractivity contribution is 0.574. The Morgan fingerprint density at radius 2 is 2.18 bits per heavy atom. The van der Waals surface area contributed by atoms with Gasteiger partial charge in [-0.2, -0.15) is 5.10 Å². The summed E-state index contributed by atoms with van der Waals surface area (Å²) in [5.41, 5.74) is 1.24. The van der Waals surface area contributed by atoms with E-state index in [-0.39, 0.29) is 0 Å². The van der Waals surface area contributed by atoms with Crippen LogP contribution in [0.4, 0.5) is 14.5 Å². The standard InChI is InChI=1S/C12H13F2N3/c1-2-17-8-11(7-16-17)15-6-9-3-4-10(13)5-12(9)14/h3-5,7-8,15H,2,6H2,1H3. The van der Waals surface area contributed by atoms with Crippen LogP contribution in [0.1, 0.15) is 12.5 Å². The lowest BCUT2D eigenvalue weighted by Gasteiger charge is -2.04. The summed E-state index contributed by atoms with van der Waals surface area (Å²) in [6.07, 6.45) is 3.51. The molecule has 0 spiro atoms. The van der Waals surface area contributed by atoms with Gasteiger partial charge in [-0.25, -0.2) is 8.78 Å². The Balaban J connectivity index is 2.02. The van der Waals surface area contributed by atoms with Crippen LogP contribution in [0.25, 0.3) is 0 Å². The number of halogens is 2. The van der Waals surface area contributed by atoms with E-state index < -0.39 is 11.6 Å². The molecule has 0 aliphatic carbocycles. The van der Waals surface area contributed by atoms with Crippen LogP contribution in [-0.2, 0) is 13.1 Å². The van der Waals surface area contributed by atoms with Gasteiger partial charge in [0.1, 0.15) is 11.6 Å². The highest BCUT2D eigenvalue weighted by molar-refractivity contribution is 5.39. The summed E-state index contributed by atoms with van der Waals surface area (Å²) in [6, 6.07) is 3.56. The third-order valence-electron chi connectivity index (χ3n) is 2.46. The van der Waals surface area contributed by atoms with Crippen molar-refractivity contribution in [2.24, 2.45) is 0 Å². The summed E-state index contributed by atoms with van der Waals surface area (Å²) >= 11 is 0. The molecule has 17 heavy (non-hydrogen) atoms. The van der Waals surface area contributed by atoms with Crippen LogP contribution in [-0.4, -0.2) is 9.78 Å². The molecule has 1 aromatic carbocycles. The van der Waals surface area contributed by atoms with Crippen molar-refractivity contribution in [2.45, 2.75) is 20.0 Å². The zero-order chi connectivity index (χ0) is 12.3.